The highest BCUT2D eigenvalue weighted by Gasteiger charge is 2.11. The van der Waals surface area contributed by atoms with Crippen LogP contribution in [0.4, 0.5) is 17.5 Å². The lowest BCUT2D eigenvalue weighted by atomic mass is 10.1. The maximum Gasteiger partial charge on any atom is 0.222 e. The van der Waals surface area contributed by atoms with Crippen LogP contribution in [0.1, 0.15) is 18.9 Å². The molecule has 3 aromatic rings. The molecule has 7 heteroatoms. The average molecular weight is 376 g/mol. The fourth-order valence-corrected chi connectivity index (χ4v) is 3.10. The second kappa shape index (κ2) is 7.33. The van der Waals surface area contributed by atoms with Gasteiger partial charge in [0.1, 0.15) is 5.82 Å². The summed E-state index contributed by atoms with van der Waals surface area (Å²) in [4.78, 5) is 10.5. The van der Waals surface area contributed by atoms with Crippen LogP contribution in [0.25, 0.3) is 10.9 Å². The van der Waals surface area contributed by atoms with Crippen molar-refractivity contribution in [2.45, 2.75) is 19.9 Å². The first-order chi connectivity index (χ1) is 12.0. The topological polar surface area (TPSA) is 81.1 Å². The Labute approximate surface area is 156 Å². The molecule has 0 spiro atoms. The van der Waals surface area contributed by atoms with Crippen LogP contribution in [0.15, 0.2) is 36.4 Å². The van der Waals surface area contributed by atoms with Crippen LogP contribution in [0.3, 0.4) is 0 Å². The zero-order chi connectivity index (χ0) is 18.0. The first-order valence-electron chi connectivity index (χ1n) is 7.99. The number of hydrogen-bond donors (Lipinski definition) is 2. The maximum absolute atomic E-state index is 6.14. The lowest BCUT2D eigenvalue weighted by Gasteiger charge is -2.25. The summed E-state index contributed by atoms with van der Waals surface area (Å²) in [6.45, 7) is 3.74. The van der Waals surface area contributed by atoms with E-state index in [9.17, 15) is 0 Å². The third-order valence-electron chi connectivity index (χ3n) is 3.94. The summed E-state index contributed by atoms with van der Waals surface area (Å²) in [6.07, 6.45) is 1.01. The predicted octanol–water partition coefficient (Wildman–Crippen LogP) is 4.52. The van der Waals surface area contributed by atoms with Crippen molar-refractivity contribution in [3.8, 4) is 0 Å². The van der Waals surface area contributed by atoms with Gasteiger partial charge in [0.25, 0.3) is 0 Å². The largest absolute Gasteiger partial charge is 0.383 e. The van der Waals surface area contributed by atoms with Crippen molar-refractivity contribution in [3.63, 3.8) is 0 Å². The molecule has 5 nitrogen and oxygen atoms in total. The molecular weight excluding hydrogens is 357 g/mol. The Morgan fingerprint density at radius 1 is 1.00 bits per heavy atom. The van der Waals surface area contributed by atoms with E-state index in [4.69, 9.17) is 34.7 Å². The molecule has 0 aliphatic heterocycles. The van der Waals surface area contributed by atoms with Crippen LogP contribution in [0.2, 0.25) is 10.0 Å². The van der Waals surface area contributed by atoms with E-state index in [0.717, 1.165) is 35.1 Å². The smallest absolute Gasteiger partial charge is 0.222 e. The molecular formula is C18H19Cl2N5. The molecule has 0 aliphatic rings. The Kier molecular flexibility index (Phi) is 5.16. The molecule has 4 N–H and O–H groups in total. The molecule has 1 heterocycles. The number of hydrogen-bond acceptors (Lipinski definition) is 5. The summed E-state index contributed by atoms with van der Waals surface area (Å²) < 4.78 is 0. The quantitative estimate of drug-likeness (QED) is 0.684. The summed E-state index contributed by atoms with van der Waals surface area (Å²) in [6, 6.07) is 11.6. The number of fused-ring (bicyclic) bond motifs is 1. The van der Waals surface area contributed by atoms with Gasteiger partial charge in [-0.15, -0.1) is 0 Å². The molecule has 0 unspecified atom stereocenters. The first-order valence-corrected chi connectivity index (χ1v) is 8.75. The Morgan fingerprint density at radius 2 is 1.80 bits per heavy atom. The van der Waals surface area contributed by atoms with E-state index in [1.807, 2.05) is 36.4 Å². The molecule has 0 amide bonds. The lowest BCUT2D eigenvalue weighted by Crippen LogP contribution is -2.23. The maximum atomic E-state index is 6.14. The van der Waals surface area contributed by atoms with Crippen LogP contribution in [0.5, 0.6) is 0 Å². The molecule has 0 aliphatic carbocycles. The molecule has 0 atom stereocenters. The van der Waals surface area contributed by atoms with Gasteiger partial charge in [0.15, 0.2) is 0 Å². The summed E-state index contributed by atoms with van der Waals surface area (Å²) in [7, 11) is 0. The van der Waals surface area contributed by atoms with Gasteiger partial charge in [-0.05, 0) is 42.3 Å². The predicted molar refractivity (Wildman–Crippen MR) is 106 cm³/mol. The van der Waals surface area contributed by atoms with Crippen LogP contribution in [-0.2, 0) is 6.54 Å². The molecule has 0 bridgehead atoms. The third-order valence-corrected chi connectivity index (χ3v) is 4.68. The molecule has 0 saturated heterocycles. The van der Waals surface area contributed by atoms with E-state index < -0.39 is 0 Å². The highest BCUT2D eigenvalue weighted by atomic mass is 35.5. The van der Waals surface area contributed by atoms with E-state index in [-0.39, 0.29) is 5.95 Å². The minimum Gasteiger partial charge on any atom is -0.383 e. The van der Waals surface area contributed by atoms with Gasteiger partial charge in [-0.2, -0.15) is 4.98 Å². The van der Waals surface area contributed by atoms with Crippen molar-refractivity contribution in [2.75, 3.05) is 22.9 Å². The fraction of sp³-hybridized carbons (Fsp3) is 0.222. The van der Waals surface area contributed by atoms with E-state index in [1.165, 1.54) is 0 Å². The van der Waals surface area contributed by atoms with Crippen LogP contribution >= 0.6 is 23.2 Å². The third kappa shape index (κ3) is 3.89. The molecule has 0 saturated carbocycles. The van der Waals surface area contributed by atoms with Gasteiger partial charge < -0.3 is 16.4 Å². The molecule has 130 valence electrons. The number of nitrogens with zero attached hydrogens (tertiary/aromatic N) is 3. The monoisotopic (exact) mass is 375 g/mol. The van der Waals surface area contributed by atoms with Crippen LogP contribution < -0.4 is 16.4 Å². The number of benzene rings is 2. The number of nitrogen functional groups attached to an aromatic ring is 2. The van der Waals surface area contributed by atoms with Crippen LogP contribution in [-0.4, -0.2) is 16.5 Å². The molecule has 0 fully saturated rings. The van der Waals surface area contributed by atoms with Crippen molar-refractivity contribution in [2.24, 2.45) is 0 Å². The number of halogens is 2. The van der Waals surface area contributed by atoms with Gasteiger partial charge in [-0.1, -0.05) is 36.2 Å². The zero-order valence-electron chi connectivity index (χ0n) is 13.8. The first kappa shape index (κ1) is 17.6. The molecule has 25 heavy (non-hydrogen) atoms. The van der Waals surface area contributed by atoms with Crippen molar-refractivity contribution >= 4 is 51.6 Å². The Hall–Kier alpha value is -2.24. The van der Waals surface area contributed by atoms with Gasteiger partial charge in [-0.3, -0.25) is 0 Å². The minimum absolute atomic E-state index is 0.180. The van der Waals surface area contributed by atoms with Crippen LogP contribution in [0, 0.1) is 0 Å². The number of anilines is 3. The normalized spacial score (nSPS) is 11.0. The molecule has 2 aromatic carbocycles. The average Bonchev–Trinajstić information content (AvgIpc) is 2.57. The van der Waals surface area contributed by atoms with E-state index in [2.05, 4.69) is 21.8 Å². The van der Waals surface area contributed by atoms with Gasteiger partial charge >= 0.3 is 0 Å². The van der Waals surface area contributed by atoms with Crippen molar-refractivity contribution in [3.05, 3.63) is 52.0 Å². The zero-order valence-corrected chi connectivity index (χ0v) is 15.3. The Balaban J connectivity index is 1.96. The van der Waals surface area contributed by atoms with Gasteiger partial charge in [0.05, 0.1) is 15.6 Å². The molecule has 0 radical (unpaired) electrons. The number of nitrogens with two attached hydrogens (primary N) is 2. The fourth-order valence-electron chi connectivity index (χ4n) is 2.78. The van der Waals surface area contributed by atoms with Crippen molar-refractivity contribution < 1.29 is 0 Å². The van der Waals surface area contributed by atoms with Gasteiger partial charge in [-0.25, -0.2) is 4.98 Å². The lowest BCUT2D eigenvalue weighted by molar-refractivity contribution is 0.768. The Bertz CT molecular complexity index is 913. The van der Waals surface area contributed by atoms with Crippen molar-refractivity contribution in [1.29, 1.82) is 0 Å². The summed E-state index contributed by atoms with van der Waals surface area (Å²) >= 11 is 12.1. The van der Waals surface area contributed by atoms with Gasteiger partial charge in [0, 0.05) is 24.2 Å². The minimum atomic E-state index is 0.180. The Morgan fingerprint density at radius 3 is 2.52 bits per heavy atom. The van der Waals surface area contributed by atoms with E-state index in [1.54, 1.807) is 0 Å². The summed E-state index contributed by atoms with van der Waals surface area (Å²) in [5.74, 6) is 0.564. The highest BCUT2D eigenvalue weighted by Crippen LogP contribution is 2.28. The highest BCUT2D eigenvalue weighted by molar-refractivity contribution is 6.42. The van der Waals surface area contributed by atoms with Crippen molar-refractivity contribution in [1.82, 2.24) is 9.97 Å². The second-order valence-electron chi connectivity index (χ2n) is 5.84. The molecule has 3 rings (SSSR count). The van der Waals surface area contributed by atoms with E-state index in [0.29, 0.717) is 22.4 Å². The van der Waals surface area contributed by atoms with Gasteiger partial charge in [0.2, 0.25) is 5.95 Å². The summed E-state index contributed by atoms with van der Waals surface area (Å²) in [5, 5.41) is 1.91. The number of rotatable bonds is 5. The SMILES string of the molecule is CCCN(Cc1ccc(Cl)c(Cl)c1)c1ccc2nc(N)nc(N)c2c1. The summed E-state index contributed by atoms with van der Waals surface area (Å²) in [5.41, 5.74) is 14.5. The second-order valence-corrected chi connectivity index (χ2v) is 6.65. The number of aromatic nitrogens is 2. The standard InChI is InChI=1S/C18H19Cl2N5/c1-2-7-25(10-11-3-5-14(19)15(20)8-11)12-4-6-16-13(9-12)17(21)24-18(22)23-16/h3-6,8-9H,2,7,10H2,1H3,(H4,21,22,23,24). The molecule has 1 aromatic heterocycles. The van der Waals surface area contributed by atoms with E-state index >= 15 is 0 Å².